The number of alkyl halides is 3. The van der Waals surface area contributed by atoms with Crippen molar-refractivity contribution in [2.24, 2.45) is 0 Å². The van der Waals surface area contributed by atoms with Crippen LogP contribution in [0.2, 0.25) is 0 Å². The first-order valence-electron chi connectivity index (χ1n) is 8.52. The number of ether oxygens (including phenoxy) is 1. The third kappa shape index (κ3) is 4.24. The molecule has 0 saturated carbocycles. The van der Waals surface area contributed by atoms with Gasteiger partial charge in [0, 0.05) is 29.0 Å². The lowest BCUT2D eigenvalue weighted by Crippen LogP contribution is -2.21. The van der Waals surface area contributed by atoms with Gasteiger partial charge in [-0.2, -0.15) is 13.2 Å². The Kier molecular flexibility index (Phi) is 4.98. The molecule has 29 heavy (non-hydrogen) atoms. The average molecular weight is 417 g/mol. The third-order valence-electron chi connectivity index (χ3n) is 4.09. The Morgan fingerprint density at radius 1 is 1.17 bits per heavy atom. The highest BCUT2D eigenvalue weighted by Gasteiger charge is 2.34. The van der Waals surface area contributed by atoms with E-state index in [1.165, 1.54) is 29.5 Å². The number of fused-ring (bicyclic) bond motifs is 1. The lowest BCUT2D eigenvalue weighted by atomic mass is 10.1. The first kappa shape index (κ1) is 19.0. The predicted molar refractivity (Wildman–Crippen MR) is 104 cm³/mol. The number of rotatable bonds is 5. The van der Waals surface area contributed by atoms with Crippen LogP contribution in [-0.4, -0.2) is 21.9 Å². The monoisotopic (exact) mass is 417 g/mol. The summed E-state index contributed by atoms with van der Waals surface area (Å²) in [5, 5.41) is 4.56. The molecule has 2 heterocycles. The van der Waals surface area contributed by atoms with Gasteiger partial charge >= 0.3 is 6.18 Å². The van der Waals surface area contributed by atoms with E-state index in [0.717, 1.165) is 22.3 Å². The van der Waals surface area contributed by atoms with Gasteiger partial charge in [0.05, 0.1) is 11.3 Å². The normalized spacial score (nSPS) is 11.6. The van der Waals surface area contributed by atoms with Crippen LogP contribution in [0.15, 0.2) is 66.3 Å². The molecule has 0 aliphatic heterocycles. The highest BCUT2D eigenvalue weighted by atomic mass is 32.1. The number of imidazole rings is 1. The van der Waals surface area contributed by atoms with Crippen LogP contribution in [0.25, 0.3) is 16.2 Å². The molecule has 1 amide bonds. The van der Waals surface area contributed by atoms with Gasteiger partial charge in [0.15, 0.2) is 11.6 Å². The van der Waals surface area contributed by atoms with E-state index in [2.05, 4.69) is 10.3 Å². The van der Waals surface area contributed by atoms with E-state index >= 15 is 0 Å². The molecule has 4 rings (SSSR count). The zero-order chi connectivity index (χ0) is 20.4. The molecule has 0 atom stereocenters. The molecule has 9 heteroatoms. The topological polar surface area (TPSA) is 55.6 Å². The lowest BCUT2D eigenvalue weighted by Gasteiger charge is -2.13. The zero-order valence-corrected chi connectivity index (χ0v) is 15.6. The first-order chi connectivity index (χ1) is 13.9. The minimum atomic E-state index is -4.56. The maximum atomic E-state index is 13.0. The second-order valence-corrected chi connectivity index (χ2v) is 7.00. The van der Waals surface area contributed by atoms with Crippen LogP contribution >= 0.6 is 11.3 Å². The molecule has 0 bridgehead atoms. The van der Waals surface area contributed by atoms with Gasteiger partial charge in [-0.25, -0.2) is 4.98 Å². The molecule has 5 nitrogen and oxygen atoms in total. The summed E-state index contributed by atoms with van der Waals surface area (Å²) in [7, 11) is 0. The summed E-state index contributed by atoms with van der Waals surface area (Å²) in [4.78, 5) is 17.5. The van der Waals surface area contributed by atoms with E-state index in [4.69, 9.17) is 4.74 Å². The number of hydrogen-bond acceptors (Lipinski definition) is 4. The van der Waals surface area contributed by atoms with Gasteiger partial charge in [0.25, 0.3) is 5.91 Å². The van der Waals surface area contributed by atoms with Crippen LogP contribution in [0.5, 0.6) is 5.75 Å². The number of thiazole rings is 1. The van der Waals surface area contributed by atoms with Crippen molar-refractivity contribution >= 4 is 27.9 Å². The molecule has 2 aromatic heterocycles. The molecule has 0 spiro atoms. The Morgan fingerprint density at radius 3 is 2.79 bits per heavy atom. The van der Waals surface area contributed by atoms with Crippen LogP contribution in [0.4, 0.5) is 18.9 Å². The van der Waals surface area contributed by atoms with Gasteiger partial charge in [-0.3, -0.25) is 9.20 Å². The van der Waals surface area contributed by atoms with Crippen molar-refractivity contribution in [1.82, 2.24) is 9.38 Å². The molecule has 0 fully saturated rings. The molecule has 1 N–H and O–H groups in total. The number of halogens is 3. The highest BCUT2D eigenvalue weighted by Crippen LogP contribution is 2.35. The second kappa shape index (κ2) is 7.59. The number of carbonyl (C=O) groups is 1. The van der Waals surface area contributed by atoms with Crippen molar-refractivity contribution in [1.29, 1.82) is 0 Å². The van der Waals surface area contributed by atoms with Crippen molar-refractivity contribution in [3.05, 3.63) is 71.9 Å². The minimum absolute atomic E-state index is 0.387. The number of nitrogens with one attached hydrogen (secondary N) is 1. The Morgan fingerprint density at radius 2 is 2.00 bits per heavy atom. The smallest absolute Gasteiger partial charge is 0.419 e. The van der Waals surface area contributed by atoms with E-state index in [1.54, 1.807) is 18.2 Å². The van der Waals surface area contributed by atoms with Crippen molar-refractivity contribution in [2.75, 3.05) is 11.9 Å². The number of benzene rings is 2. The van der Waals surface area contributed by atoms with Crippen molar-refractivity contribution < 1.29 is 22.7 Å². The van der Waals surface area contributed by atoms with Gasteiger partial charge < -0.3 is 10.1 Å². The third-order valence-corrected chi connectivity index (χ3v) is 4.86. The van der Waals surface area contributed by atoms with Gasteiger partial charge in [-0.15, -0.1) is 11.3 Å². The maximum Gasteiger partial charge on any atom is 0.419 e. The van der Waals surface area contributed by atoms with Crippen LogP contribution in [0.3, 0.4) is 0 Å². The minimum Gasteiger partial charge on any atom is -0.483 e. The standard InChI is InChI=1S/C20H14F3N3O2S/c21-20(22,23)15-6-1-2-7-17(15)28-12-18(27)24-14-5-3-4-13(10-14)16-11-26-8-9-29-19(26)25-16/h1-11H,12H2,(H,24,27). The fourth-order valence-corrected chi connectivity index (χ4v) is 3.49. The molecular weight excluding hydrogens is 403 g/mol. The van der Waals surface area contributed by atoms with Gasteiger partial charge in [-0.05, 0) is 24.3 Å². The number of aromatic nitrogens is 2. The summed E-state index contributed by atoms with van der Waals surface area (Å²) in [6.07, 6.45) is -0.776. The van der Waals surface area contributed by atoms with Crippen molar-refractivity contribution in [2.45, 2.75) is 6.18 Å². The number of hydrogen-bond donors (Lipinski definition) is 1. The summed E-state index contributed by atoms with van der Waals surface area (Å²) in [6, 6.07) is 11.8. The number of nitrogens with zero attached hydrogens (tertiary/aromatic N) is 2. The molecule has 4 aromatic rings. The second-order valence-electron chi connectivity index (χ2n) is 6.13. The van der Waals surface area contributed by atoms with Crippen molar-refractivity contribution in [3.63, 3.8) is 0 Å². The average Bonchev–Trinajstić information content (AvgIpc) is 3.28. The maximum absolute atomic E-state index is 13.0. The van der Waals surface area contributed by atoms with Crippen LogP contribution in [0, 0.1) is 0 Å². The summed E-state index contributed by atoms with van der Waals surface area (Å²) >= 11 is 1.51. The van der Waals surface area contributed by atoms with Gasteiger partial charge in [-0.1, -0.05) is 24.3 Å². The lowest BCUT2D eigenvalue weighted by molar-refractivity contribution is -0.139. The summed E-state index contributed by atoms with van der Waals surface area (Å²) < 4.78 is 46.0. The Balaban J connectivity index is 1.44. The number of amides is 1. The molecular formula is C20H14F3N3O2S. The molecule has 0 radical (unpaired) electrons. The first-order valence-corrected chi connectivity index (χ1v) is 9.39. The number of anilines is 1. The molecule has 0 aliphatic carbocycles. The van der Waals surface area contributed by atoms with Crippen LogP contribution in [0.1, 0.15) is 5.56 Å². The Labute approximate surface area is 167 Å². The van der Waals surface area contributed by atoms with E-state index in [0.29, 0.717) is 5.69 Å². The fourth-order valence-electron chi connectivity index (χ4n) is 2.79. The van der Waals surface area contributed by atoms with E-state index in [1.807, 2.05) is 28.2 Å². The van der Waals surface area contributed by atoms with E-state index < -0.39 is 24.3 Å². The summed E-state index contributed by atoms with van der Waals surface area (Å²) in [5.74, 6) is -0.952. The largest absolute Gasteiger partial charge is 0.483 e. The summed E-state index contributed by atoms with van der Waals surface area (Å²) in [5.41, 5.74) is 1.14. The van der Waals surface area contributed by atoms with Gasteiger partial charge in [0.1, 0.15) is 5.75 Å². The Bertz CT molecular complexity index is 1140. The summed E-state index contributed by atoms with van der Waals surface area (Å²) in [6.45, 7) is -0.544. The highest BCUT2D eigenvalue weighted by molar-refractivity contribution is 7.15. The molecule has 2 aromatic carbocycles. The van der Waals surface area contributed by atoms with Gasteiger partial charge in [0.2, 0.25) is 0 Å². The Hall–Kier alpha value is -3.33. The fraction of sp³-hybridized carbons (Fsp3) is 0.100. The van der Waals surface area contributed by atoms with Crippen LogP contribution < -0.4 is 10.1 Å². The molecule has 148 valence electrons. The molecule has 0 unspecified atom stereocenters. The SMILES string of the molecule is O=C(COc1ccccc1C(F)(F)F)Nc1cccc(-c2cn3ccsc3n2)c1. The number of carbonyl (C=O) groups excluding carboxylic acids is 1. The quantitative estimate of drug-likeness (QED) is 0.492. The molecule has 0 aliphatic rings. The number of para-hydroxylation sites is 1. The zero-order valence-electron chi connectivity index (χ0n) is 14.8. The van der Waals surface area contributed by atoms with Crippen molar-refractivity contribution in [3.8, 4) is 17.0 Å². The predicted octanol–water partition coefficient (Wildman–Crippen LogP) is 5.10. The van der Waals surface area contributed by atoms with Crippen LogP contribution in [-0.2, 0) is 11.0 Å². The van der Waals surface area contributed by atoms with E-state index in [-0.39, 0.29) is 5.75 Å². The molecule has 0 saturated heterocycles. The van der Waals surface area contributed by atoms with E-state index in [9.17, 15) is 18.0 Å².